The number of esters is 1. The summed E-state index contributed by atoms with van der Waals surface area (Å²) >= 11 is 0. The minimum absolute atomic E-state index is 0.155. The summed E-state index contributed by atoms with van der Waals surface area (Å²) < 4.78 is 12.6. The minimum Gasteiger partial charge on any atom is -0.453 e. The minimum atomic E-state index is -0.628. The van der Waals surface area contributed by atoms with Crippen LogP contribution in [0.3, 0.4) is 0 Å². The van der Waals surface area contributed by atoms with Crippen LogP contribution in [0.4, 0.5) is 0 Å². The molecule has 0 aliphatic heterocycles. The predicted molar refractivity (Wildman–Crippen MR) is 125 cm³/mol. The van der Waals surface area contributed by atoms with Gasteiger partial charge in [-0.3, -0.25) is 4.79 Å². The van der Waals surface area contributed by atoms with Crippen molar-refractivity contribution < 1.29 is 18.7 Å². The molecule has 0 aliphatic carbocycles. The van der Waals surface area contributed by atoms with Crippen LogP contribution in [-0.4, -0.2) is 28.1 Å². The second-order valence-electron chi connectivity index (χ2n) is 7.69. The van der Waals surface area contributed by atoms with Gasteiger partial charge in [-0.2, -0.15) is 5.10 Å². The molecule has 0 saturated carbocycles. The van der Waals surface area contributed by atoms with Gasteiger partial charge in [0.2, 0.25) is 5.78 Å². The number of aromatic nitrogens is 2. The molecule has 0 bridgehead atoms. The molecule has 33 heavy (non-hydrogen) atoms. The SMILES string of the molecule is Cc1ccc(-c2nn(-c3ccccc3)cc2C(=O)OCC(=O)c2cc3ccccc3o2)cc1. The van der Waals surface area contributed by atoms with E-state index in [2.05, 4.69) is 5.10 Å². The quantitative estimate of drug-likeness (QED) is 0.255. The summed E-state index contributed by atoms with van der Waals surface area (Å²) in [6.45, 7) is 1.56. The van der Waals surface area contributed by atoms with Crippen LogP contribution in [-0.2, 0) is 4.74 Å². The van der Waals surface area contributed by atoms with Gasteiger partial charge in [-0.05, 0) is 31.2 Å². The Hall–Kier alpha value is -4.45. The summed E-state index contributed by atoms with van der Waals surface area (Å²) in [7, 11) is 0. The Bertz CT molecular complexity index is 1410. The Morgan fingerprint density at radius 2 is 1.67 bits per heavy atom. The van der Waals surface area contributed by atoms with E-state index in [1.807, 2.05) is 79.7 Å². The van der Waals surface area contributed by atoms with E-state index in [-0.39, 0.29) is 11.3 Å². The van der Waals surface area contributed by atoms with Crippen LogP contribution in [0, 0.1) is 6.92 Å². The van der Waals surface area contributed by atoms with Crippen molar-refractivity contribution in [1.29, 1.82) is 0 Å². The first-order valence-corrected chi connectivity index (χ1v) is 10.5. The van der Waals surface area contributed by atoms with Crippen molar-refractivity contribution in [2.75, 3.05) is 6.61 Å². The van der Waals surface area contributed by atoms with Gasteiger partial charge in [0.25, 0.3) is 0 Å². The number of rotatable bonds is 6. The number of hydrogen-bond acceptors (Lipinski definition) is 5. The molecule has 0 saturated heterocycles. The highest BCUT2D eigenvalue weighted by atomic mass is 16.5. The van der Waals surface area contributed by atoms with Gasteiger partial charge >= 0.3 is 5.97 Å². The number of fused-ring (bicyclic) bond motifs is 1. The van der Waals surface area contributed by atoms with Crippen molar-refractivity contribution in [3.63, 3.8) is 0 Å². The van der Waals surface area contributed by atoms with Crippen LogP contribution in [0.5, 0.6) is 0 Å². The number of Topliss-reactive ketones (excluding diaryl/α,β-unsaturated/α-hetero) is 1. The van der Waals surface area contributed by atoms with Crippen LogP contribution in [0.2, 0.25) is 0 Å². The number of carbonyl (C=O) groups excluding carboxylic acids is 2. The summed E-state index contributed by atoms with van der Waals surface area (Å²) in [4.78, 5) is 25.6. The molecule has 0 N–H and O–H groups in total. The largest absolute Gasteiger partial charge is 0.453 e. The zero-order chi connectivity index (χ0) is 22.8. The Balaban J connectivity index is 1.41. The van der Waals surface area contributed by atoms with Crippen molar-refractivity contribution in [2.45, 2.75) is 6.92 Å². The number of carbonyl (C=O) groups is 2. The zero-order valence-corrected chi connectivity index (χ0v) is 17.9. The molecule has 5 rings (SSSR count). The van der Waals surface area contributed by atoms with E-state index in [0.717, 1.165) is 22.2 Å². The lowest BCUT2D eigenvalue weighted by molar-refractivity contribution is 0.0469. The number of para-hydroxylation sites is 2. The van der Waals surface area contributed by atoms with Gasteiger partial charge in [-0.15, -0.1) is 0 Å². The third-order valence-corrected chi connectivity index (χ3v) is 5.31. The summed E-state index contributed by atoms with van der Waals surface area (Å²) in [6, 6.07) is 26.2. The van der Waals surface area contributed by atoms with E-state index in [0.29, 0.717) is 11.3 Å². The average molecular weight is 436 g/mol. The molecule has 0 amide bonds. The van der Waals surface area contributed by atoms with Gasteiger partial charge in [0.1, 0.15) is 16.8 Å². The van der Waals surface area contributed by atoms with E-state index in [9.17, 15) is 9.59 Å². The lowest BCUT2D eigenvalue weighted by Gasteiger charge is -2.04. The number of furan rings is 1. The Morgan fingerprint density at radius 3 is 2.42 bits per heavy atom. The fourth-order valence-electron chi connectivity index (χ4n) is 3.56. The number of ether oxygens (including phenoxy) is 1. The molecular formula is C27H20N2O4. The van der Waals surface area contributed by atoms with Crippen molar-refractivity contribution in [3.8, 4) is 16.9 Å². The molecule has 0 unspecified atom stereocenters. The molecule has 6 nitrogen and oxygen atoms in total. The predicted octanol–water partition coefficient (Wildman–Crippen LogP) is 5.63. The number of nitrogens with zero attached hydrogens (tertiary/aromatic N) is 2. The maximum atomic E-state index is 13.0. The number of hydrogen-bond donors (Lipinski definition) is 0. The highest BCUT2D eigenvalue weighted by Crippen LogP contribution is 2.25. The van der Waals surface area contributed by atoms with Crippen LogP contribution in [0.15, 0.2) is 95.5 Å². The van der Waals surface area contributed by atoms with Gasteiger partial charge < -0.3 is 9.15 Å². The second kappa shape index (κ2) is 8.59. The van der Waals surface area contributed by atoms with Gasteiger partial charge in [0.05, 0.1) is 5.69 Å². The van der Waals surface area contributed by atoms with E-state index in [1.54, 1.807) is 23.0 Å². The van der Waals surface area contributed by atoms with Crippen LogP contribution in [0.1, 0.15) is 26.5 Å². The van der Waals surface area contributed by atoms with Gasteiger partial charge in [-0.25, -0.2) is 9.48 Å². The molecule has 162 valence electrons. The Kier molecular flexibility index (Phi) is 5.32. The van der Waals surface area contributed by atoms with Crippen molar-refractivity contribution >= 4 is 22.7 Å². The number of aryl methyl sites for hydroxylation is 1. The van der Waals surface area contributed by atoms with Crippen LogP contribution in [0.25, 0.3) is 27.9 Å². The smallest absolute Gasteiger partial charge is 0.342 e. The fourth-order valence-corrected chi connectivity index (χ4v) is 3.56. The van der Waals surface area contributed by atoms with E-state index < -0.39 is 18.4 Å². The molecule has 5 aromatic rings. The first-order valence-electron chi connectivity index (χ1n) is 10.5. The second-order valence-corrected chi connectivity index (χ2v) is 7.69. The van der Waals surface area contributed by atoms with Crippen molar-refractivity contribution in [3.05, 3.63) is 108 Å². The third kappa shape index (κ3) is 4.19. The summed E-state index contributed by atoms with van der Waals surface area (Å²) in [6.07, 6.45) is 1.62. The molecule has 0 spiro atoms. The van der Waals surface area contributed by atoms with Crippen molar-refractivity contribution in [2.24, 2.45) is 0 Å². The average Bonchev–Trinajstić information content (AvgIpc) is 3.48. The lowest BCUT2D eigenvalue weighted by Crippen LogP contribution is -2.14. The maximum absolute atomic E-state index is 13.0. The lowest BCUT2D eigenvalue weighted by atomic mass is 10.1. The molecule has 0 fully saturated rings. The fraction of sp³-hybridized carbons (Fsp3) is 0.0741. The maximum Gasteiger partial charge on any atom is 0.342 e. The third-order valence-electron chi connectivity index (χ3n) is 5.31. The van der Waals surface area contributed by atoms with Gasteiger partial charge in [0, 0.05) is 17.1 Å². The molecule has 6 heteroatoms. The van der Waals surface area contributed by atoms with Crippen LogP contribution >= 0.6 is 0 Å². The highest BCUT2D eigenvalue weighted by molar-refractivity contribution is 6.01. The Morgan fingerprint density at radius 1 is 0.939 bits per heavy atom. The van der Waals surface area contributed by atoms with E-state index in [4.69, 9.17) is 9.15 Å². The molecule has 0 atom stereocenters. The van der Waals surface area contributed by atoms with E-state index in [1.165, 1.54) is 0 Å². The standard InChI is InChI=1S/C27H20N2O4/c1-18-11-13-19(14-12-18)26-22(16-29(28-26)21-8-3-2-4-9-21)27(31)32-17-23(30)25-15-20-7-5-6-10-24(20)33-25/h2-16H,17H2,1H3. The summed E-state index contributed by atoms with van der Waals surface area (Å²) in [5.41, 5.74) is 4.06. The van der Waals surface area contributed by atoms with E-state index >= 15 is 0 Å². The van der Waals surface area contributed by atoms with Gasteiger partial charge in [0.15, 0.2) is 12.4 Å². The molecular weight excluding hydrogens is 416 g/mol. The van der Waals surface area contributed by atoms with Crippen molar-refractivity contribution in [1.82, 2.24) is 9.78 Å². The number of ketones is 1. The zero-order valence-electron chi connectivity index (χ0n) is 17.9. The molecule has 0 radical (unpaired) electrons. The topological polar surface area (TPSA) is 74.3 Å². The van der Waals surface area contributed by atoms with Crippen LogP contribution < -0.4 is 0 Å². The number of benzene rings is 3. The summed E-state index contributed by atoms with van der Waals surface area (Å²) in [5, 5.41) is 5.45. The normalized spacial score (nSPS) is 10.9. The molecule has 3 aromatic carbocycles. The highest BCUT2D eigenvalue weighted by Gasteiger charge is 2.22. The molecule has 0 aliphatic rings. The van der Waals surface area contributed by atoms with Gasteiger partial charge in [-0.1, -0.05) is 66.2 Å². The molecule has 2 aromatic heterocycles. The first kappa shape index (κ1) is 20.5. The monoisotopic (exact) mass is 436 g/mol. The first-order chi connectivity index (χ1) is 16.1. The Labute approximate surface area is 190 Å². The summed E-state index contributed by atoms with van der Waals surface area (Å²) in [5.74, 6) is -0.883. The molecule has 2 heterocycles.